The number of aromatic nitrogens is 2. The summed E-state index contributed by atoms with van der Waals surface area (Å²) in [5.41, 5.74) is 2.89. The van der Waals surface area contributed by atoms with E-state index in [0.29, 0.717) is 49.7 Å². The molecule has 1 fully saturated rings. The monoisotopic (exact) mass is 417 g/mol. The number of anilines is 1. The summed E-state index contributed by atoms with van der Waals surface area (Å²) >= 11 is 0. The van der Waals surface area contributed by atoms with Crippen LogP contribution in [-0.4, -0.2) is 47.1 Å². The summed E-state index contributed by atoms with van der Waals surface area (Å²) in [5.74, 6) is 2.10. The van der Waals surface area contributed by atoms with Crippen molar-refractivity contribution in [2.75, 3.05) is 31.1 Å². The van der Waals surface area contributed by atoms with Gasteiger partial charge in [-0.3, -0.25) is 4.79 Å². The maximum atomic E-state index is 13.0. The highest BCUT2D eigenvalue weighted by Crippen LogP contribution is 2.21. The third kappa shape index (κ3) is 4.51. The first-order chi connectivity index (χ1) is 15.0. The van der Waals surface area contributed by atoms with E-state index in [0.717, 1.165) is 22.8 Å². The molecule has 0 aliphatic carbocycles. The fraction of sp³-hybridized carbons (Fsp3) is 0.304. The number of amides is 1. The highest BCUT2D eigenvalue weighted by molar-refractivity contribution is 5.94. The molecule has 158 valence electrons. The Hall–Kier alpha value is -3.86. The van der Waals surface area contributed by atoms with Crippen molar-refractivity contribution < 1.29 is 14.1 Å². The number of pyridine rings is 1. The third-order valence-corrected chi connectivity index (χ3v) is 5.41. The molecule has 0 unspecified atom stereocenters. The first kappa shape index (κ1) is 20.4. The molecule has 8 nitrogen and oxygen atoms in total. The second-order valence-corrected chi connectivity index (χ2v) is 7.41. The maximum Gasteiger partial charge on any atom is 0.254 e. The lowest BCUT2D eigenvalue weighted by Crippen LogP contribution is -2.49. The van der Waals surface area contributed by atoms with E-state index in [1.165, 1.54) is 0 Å². The van der Waals surface area contributed by atoms with E-state index in [9.17, 15) is 4.79 Å². The van der Waals surface area contributed by atoms with Crippen molar-refractivity contribution in [1.82, 2.24) is 15.0 Å². The number of piperazine rings is 1. The summed E-state index contributed by atoms with van der Waals surface area (Å²) in [6, 6.07) is 12.8. The van der Waals surface area contributed by atoms with Gasteiger partial charge in [-0.05, 0) is 44.2 Å². The van der Waals surface area contributed by atoms with E-state index >= 15 is 0 Å². The molecule has 2 aromatic heterocycles. The molecule has 1 amide bonds. The van der Waals surface area contributed by atoms with Crippen LogP contribution in [0, 0.1) is 25.2 Å². The van der Waals surface area contributed by atoms with Crippen LogP contribution in [0.25, 0.3) is 0 Å². The fourth-order valence-electron chi connectivity index (χ4n) is 3.56. The van der Waals surface area contributed by atoms with Gasteiger partial charge in [0.25, 0.3) is 5.91 Å². The van der Waals surface area contributed by atoms with Crippen LogP contribution in [0.4, 0.5) is 5.82 Å². The lowest BCUT2D eigenvalue weighted by atomic mass is 10.1. The van der Waals surface area contributed by atoms with Crippen molar-refractivity contribution in [2.45, 2.75) is 20.5 Å². The SMILES string of the molecule is Cc1noc(C)c1COc1cccc(C(=O)N2CCN(c3cc(C#N)ccn3)CC2)c1. The normalized spacial score (nSPS) is 13.7. The van der Waals surface area contributed by atoms with Crippen LogP contribution >= 0.6 is 0 Å². The molecule has 3 aromatic rings. The number of carbonyl (C=O) groups excluding carboxylic acids is 1. The van der Waals surface area contributed by atoms with E-state index in [2.05, 4.69) is 21.1 Å². The van der Waals surface area contributed by atoms with Gasteiger partial charge in [0.1, 0.15) is 23.9 Å². The minimum atomic E-state index is -0.0267. The van der Waals surface area contributed by atoms with Gasteiger partial charge in [-0.15, -0.1) is 0 Å². The minimum absolute atomic E-state index is 0.0267. The number of benzene rings is 1. The quantitative estimate of drug-likeness (QED) is 0.629. The molecule has 4 rings (SSSR count). The average molecular weight is 417 g/mol. The van der Waals surface area contributed by atoms with Crippen molar-refractivity contribution in [1.29, 1.82) is 5.26 Å². The fourth-order valence-corrected chi connectivity index (χ4v) is 3.56. The van der Waals surface area contributed by atoms with Gasteiger partial charge in [-0.25, -0.2) is 4.98 Å². The third-order valence-electron chi connectivity index (χ3n) is 5.41. The molecule has 3 heterocycles. The Morgan fingerprint density at radius 1 is 1.19 bits per heavy atom. The number of nitriles is 1. The summed E-state index contributed by atoms with van der Waals surface area (Å²) in [6.45, 7) is 6.56. The Bertz CT molecular complexity index is 1110. The van der Waals surface area contributed by atoms with Crippen LogP contribution in [0.3, 0.4) is 0 Å². The largest absolute Gasteiger partial charge is 0.489 e. The van der Waals surface area contributed by atoms with Crippen molar-refractivity contribution in [3.05, 3.63) is 70.7 Å². The second kappa shape index (κ2) is 8.88. The lowest BCUT2D eigenvalue weighted by Gasteiger charge is -2.35. The first-order valence-electron chi connectivity index (χ1n) is 10.1. The van der Waals surface area contributed by atoms with E-state index in [1.807, 2.05) is 30.9 Å². The summed E-state index contributed by atoms with van der Waals surface area (Å²) < 4.78 is 11.0. The Morgan fingerprint density at radius 3 is 2.71 bits per heavy atom. The zero-order chi connectivity index (χ0) is 21.8. The van der Waals surface area contributed by atoms with Crippen LogP contribution in [-0.2, 0) is 6.61 Å². The van der Waals surface area contributed by atoms with Gasteiger partial charge in [0.05, 0.1) is 22.9 Å². The zero-order valence-corrected chi connectivity index (χ0v) is 17.5. The number of rotatable bonds is 5. The molecule has 8 heteroatoms. The van der Waals surface area contributed by atoms with Gasteiger partial charge in [0.2, 0.25) is 0 Å². The Balaban J connectivity index is 1.38. The summed E-state index contributed by atoms with van der Waals surface area (Å²) in [7, 11) is 0. The predicted octanol–water partition coefficient (Wildman–Crippen LogP) is 3.10. The van der Waals surface area contributed by atoms with E-state index in [-0.39, 0.29) is 5.91 Å². The van der Waals surface area contributed by atoms with E-state index in [1.54, 1.807) is 30.5 Å². The molecule has 1 aromatic carbocycles. The average Bonchev–Trinajstić information content (AvgIpc) is 3.14. The number of ether oxygens (including phenoxy) is 1. The van der Waals surface area contributed by atoms with Crippen molar-refractivity contribution in [2.24, 2.45) is 0 Å². The van der Waals surface area contributed by atoms with Gasteiger partial charge in [0.15, 0.2) is 0 Å². The molecule has 0 atom stereocenters. The molecule has 0 saturated carbocycles. The van der Waals surface area contributed by atoms with Crippen molar-refractivity contribution in [3.63, 3.8) is 0 Å². The molecule has 1 saturated heterocycles. The molecular formula is C23H23N5O3. The number of hydrogen-bond donors (Lipinski definition) is 0. The van der Waals surface area contributed by atoms with Crippen LogP contribution in [0.2, 0.25) is 0 Å². The molecule has 0 bridgehead atoms. The standard InChI is InChI=1S/C23H23N5O3/c1-16-21(17(2)31-26-16)15-30-20-5-3-4-19(13-20)23(29)28-10-8-27(9-11-28)22-12-18(14-24)6-7-25-22/h3-7,12-13H,8-11,15H2,1-2H3. The number of nitrogens with zero attached hydrogens (tertiary/aromatic N) is 5. The number of carbonyl (C=O) groups is 1. The molecule has 1 aliphatic rings. The Labute approximate surface area is 180 Å². The van der Waals surface area contributed by atoms with Gasteiger partial charge >= 0.3 is 0 Å². The maximum absolute atomic E-state index is 13.0. The van der Waals surface area contributed by atoms with Gasteiger partial charge in [-0.1, -0.05) is 11.2 Å². The topological polar surface area (TPSA) is 95.5 Å². The Morgan fingerprint density at radius 2 is 2.00 bits per heavy atom. The molecule has 1 aliphatic heterocycles. The van der Waals surface area contributed by atoms with Crippen LogP contribution in [0.15, 0.2) is 47.1 Å². The summed E-state index contributed by atoms with van der Waals surface area (Å²) in [6.07, 6.45) is 1.64. The van der Waals surface area contributed by atoms with E-state index in [4.69, 9.17) is 14.5 Å². The van der Waals surface area contributed by atoms with Gasteiger partial charge in [-0.2, -0.15) is 5.26 Å². The molecule has 31 heavy (non-hydrogen) atoms. The molecular weight excluding hydrogens is 394 g/mol. The summed E-state index contributed by atoms with van der Waals surface area (Å²) in [4.78, 5) is 21.3. The zero-order valence-electron chi connectivity index (χ0n) is 17.5. The minimum Gasteiger partial charge on any atom is -0.489 e. The smallest absolute Gasteiger partial charge is 0.254 e. The first-order valence-corrected chi connectivity index (χ1v) is 10.1. The lowest BCUT2D eigenvalue weighted by molar-refractivity contribution is 0.0746. The highest BCUT2D eigenvalue weighted by Gasteiger charge is 2.23. The van der Waals surface area contributed by atoms with Crippen LogP contribution in [0.5, 0.6) is 5.75 Å². The van der Waals surface area contributed by atoms with Crippen LogP contribution in [0.1, 0.15) is 32.9 Å². The predicted molar refractivity (Wildman–Crippen MR) is 114 cm³/mol. The van der Waals surface area contributed by atoms with E-state index < -0.39 is 0 Å². The number of hydrogen-bond acceptors (Lipinski definition) is 7. The van der Waals surface area contributed by atoms with Crippen molar-refractivity contribution >= 4 is 11.7 Å². The molecule has 0 spiro atoms. The second-order valence-electron chi connectivity index (χ2n) is 7.41. The van der Waals surface area contributed by atoms with Gasteiger partial charge < -0.3 is 19.1 Å². The Kier molecular flexibility index (Phi) is 5.85. The van der Waals surface area contributed by atoms with Gasteiger partial charge in [0, 0.05) is 37.9 Å². The molecule has 0 radical (unpaired) electrons. The van der Waals surface area contributed by atoms with Crippen LogP contribution < -0.4 is 9.64 Å². The van der Waals surface area contributed by atoms with Crippen molar-refractivity contribution in [3.8, 4) is 11.8 Å². The number of aryl methyl sites for hydroxylation is 2. The molecule has 0 N–H and O–H groups in total. The highest BCUT2D eigenvalue weighted by atomic mass is 16.5. The summed E-state index contributed by atoms with van der Waals surface area (Å²) in [5, 5.41) is 13.0.